The minimum absolute atomic E-state index is 0.00437. The van der Waals surface area contributed by atoms with Crippen molar-refractivity contribution in [2.75, 3.05) is 18.6 Å². The highest BCUT2D eigenvalue weighted by Crippen LogP contribution is 2.24. The fraction of sp³-hybridized carbons (Fsp3) is 0.421. The molecule has 26 heavy (non-hydrogen) atoms. The summed E-state index contributed by atoms with van der Waals surface area (Å²) < 4.78 is 34.5. The molecule has 0 radical (unpaired) electrons. The summed E-state index contributed by atoms with van der Waals surface area (Å²) in [6.45, 7) is 2.22. The van der Waals surface area contributed by atoms with Crippen LogP contribution in [0.2, 0.25) is 0 Å². The normalized spacial score (nSPS) is 18.6. The van der Waals surface area contributed by atoms with E-state index in [0.29, 0.717) is 17.9 Å². The molecule has 0 aliphatic carbocycles. The van der Waals surface area contributed by atoms with Gasteiger partial charge in [-0.2, -0.15) is 0 Å². The van der Waals surface area contributed by atoms with Gasteiger partial charge in [-0.1, -0.05) is 17.7 Å². The second-order valence-corrected chi connectivity index (χ2v) is 8.88. The van der Waals surface area contributed by atoms with E-state index < -0.39 is 9.84 Å². The Kier molecular flexibility index (Phi) is 5.36. The summed E-state index contributed by atoms with van der Waals surface area (Å²) in [6.07, 6.45) is 2.16. The molecule has 1 aromatic carbocycles. The van der Waals surface area contributed by atoms with Crippen molar-refractivity contribution in [2.24, 2.45) is 0 Å². The van der Waals surface area contributed by atoms with Gasteiger partial charge in [0.2, 0.25) is 5.91 Å². The summed E-state index contributed by atoms with van der Waals surface area (Å²) in [5.41, 5.74) is 1.83. The van der Waals surface area contributed by atoms with Crippen LogP contribution in [0.15, 0.2) is 41.0 Å². The Bertz CT molecular complexity index is 873. The van der Waals surface area contributed by atoms with Gasteiger partial charge in [-0.25, -0.2) is 8.42 Å². The largest absolute Gasteiger partial charge is 0.496 e. The van der Waals surface area contributed by atoms with E-state index in [2.05, 4.69) is 0 Å². The van der Waals surface area contributed by atoms with E-state index in [4.69, 9.17) is 9.15 Å². The lowest BCUT2D eigenvalue weighted by Gasteiger charge is -2.28. The molecule has 1 fully saturated rings. The number of furan rings is 1. The molecular weight excluding hydrogens is 354 g/mol. The fourth-order valence-corrected chi connectivity index (χ4v) is 5.05. The second kappa shape index (κ2) is 7.53. The molecule has 1 aliphatic rings. The van der Waals surface area contributed by atoms with Gasteiger partial charge in [0.05, 0.1) is 37.8 Å². The Hall–Kier alpha value is -2.28. The predicted molar refractivity (Wildman–Crippen MR) is 97.8 cm³/mol. The van der Waals surface area contributed by atoms with E-state index in [1.54, 1.807) is 30.4 Å². The van der Waals surface area contributed by atoms with Crippen LogP contribution in [0.4, 0.5) is 0 Å². The van der Waals surface area contributed by atoms with E-state index in [1.165, 1.54) is 0 Å². The molecule has 1 aliphatic heterocycles. The molecule has 1 atom stereocenters. The van der Waals surface area contributed by atoms with Crippen molar-refractivity contribution in [3.8, 4) is 5.75 Å². The first-order valence-corrected chi connectivity index (χ1v) is 10.4. The monoisotopic (exact) mass is 377 g/mol. The zero-order valence-electron chi connectivity index (χ0n) is 15.0. The SMILES string of the molecule is COc1ccc(C)cc1CC(=O)N(Cc1ccco1)[C@@H]1CCS(=O)(=O)C1. The van der Waals surface area contributed by atoms with E-state index in [-0.39, 0.29) is 36.4 Å². The molecule has 2 heterocycles. The highest BCUT2D eigenvalue weighted by molar-refractivity contribution is 7.91. The Morgan fingerprint density at radius 1 is 1.35 bits per heavy atom. The topological polar surface area (TPSA) is 76.8 Å². The lowest BCUT2D eigenvalue weighted by Crippen LogP contribution is -2.41. The molecular formula is C19H23NO5S. The number of amides is 1. The average molecular weight is 377 g/mol. The van der Waals surface area contributed by atoms with E-state index in [9.17, 15) is 13.2 Å². The van der Waals surface area contributed by atoms with Crippen molar-refractivity contribution in [3.05, 3.63) is 53.5 Å². The van der Waals surface area contributed by atoms with Gasteiger partial charge in [0, 0.05) is 11.6 Å². The van der Waals surface area contributed by atoms with Crippen molar-refractivity contribution in [1.29, 1.82) is 0 Å². The molecule has 0 spiro atoms. The van der Waals surface area contributed by atoms with Crippen LogP contribution in [0.25, 0.3) is 0 Å². The van der Waals surface area contributed by atoms with Crippen molar-refractivity contribution in [2.45, 2.75) is 32.4 Å². The maximum Gasteiger partial charge on any atom is 0.227 e. The number of methoxy groups -OCH3 is 1. The van der Waals surface area contributed by atoms with Crippen LogP contribution in [0, 0.1) is 6.92 Å². The van der Waals surface area contributed by atoms with E-state index in [1.807, 2.05) is 25.1 Å². The second-order valence-electron chi connectivity index (χ2n) is 6.65. The number of nitrogens with zero attached hydrogens (tertiary/aromatic N) is 1. The maximum absolute atomic E-state index is 13.1. The molecule has 140 valence electrons. The van der Waals surface area contributed by atoms with Gasteiger partial charge >= 0.3 is 0 Å². The third-order valence-electron chi connectivity index (χ3n) is 4.65. The lowest BCUT2D eigenvalue weighted by molar-refractivity contribution is -0.133. The Morgan fingerprint density at radius 3 is 2.77 bits per heavy atom. The van der Waals surface area contributed by atoms with Gasteiger partial charge in [-0.3, -0.25) is 4.79 Å². The number of carbonyl (C=O) groups is 1. The first kappa shape index (κ1) is 18.5. The highest BCUT2D eigenvalue weighted by Gasteiger charge is 2.35. The van der Waals surface area contributed by atoms with Crippen LogP contribution in [-0.2, 0) is 27.6 Å². The minimum Gasteiger partial charge on any atom is -0.496 e. The van der Waals surface area contributed by atoms with Crippen molar-refractivity contribution >= 4 is 15.7 Å². The van der Waals surface area contributed by atoms with Crippen molar-refractivity contribution < 1.29 is 22.4 Å². The number of carbonyl (C=O) groups excluding carboxylic acids is 1. The third kappa shape index (κ3) is 4.27. The zero-order valence-corrected chi connectivity index (χ0v) is 15.8. The summed E-state index contributed by atoms with van der Waals surface area (Å²) in [5.74, 6) is 1.28. The number of sulfone groups is 1. The van der Waals surface area contributed by atoms with Gasteiger partial charge in [-0.05, 0) is 31.5 Å². The Labute approximate surface area is 153 Å². The molecule has 0 N–H and O–H groups in total. The standard InChI is InChI=1S/C19H23NO5S/c1-14-5-6-18(24-2)15(10-14)11-19(21)20(12-17-4-3-8-25-17)16-7-9-26(22,23)13-16/h3-6,8,10,16H,7,9,11-13H2,1-2H3/t16-/m1/s1. The number of hydrogen-bond acceptors (Lipinski definition) is 5. The van der Waals surface area contributed by atoms with E-state index in [0.717, 1.165) is 11.1 Å². The van der Waals surface area contributed by atoms with Crippen LogP contribution in [0.5, 0.6) is 5.75 Å². The molecule has 1 aromatic heterocycles. The third-order valence-corrected chi connectivity index (χ3v) is 6.40. The number of benzene rings is 1. The molecule has 1 saturated heterocycles. The van der Waals surface area contributed by atoms with Crippen LogP contribution < -0.4 is 4.74 Å². The molecule has 0 unspecified atom stereocenters. The molecule has 0 bridgehead atoms. The van der Waals surface area contributed by atoms with Crippen molar-refractivity contribution in [3.63, 3.8) is 0 Å². The van der Waals surface area contributed by atoms with E-state index >= 15 is 0 Å². The fourth-order valence-electron chi connectivity index (χ4n) is 3.32. The minimum atomic E-state index is -3.09. The smallest absolute Gasteiger partial charge is 0.227 e. The Morgan fingerprint density at radius 2 is 2.15 bits per heavy atom. The number of aryl methyl sites for hydroxylation is 1. The lowest BCUT2D eigenvalue weighted by atomic mass is 10.1. The van der Waals surface area contributed by atoms with Gasteiger partial charge in [0.15, 0.2) is 9.84 Å². The van der Waals surface area contributed by atoms with Crippen molar-refractivity contribution in [1.82, 2.24) is 4.90 Å². The molecule has 1 amide bonds. The molecule has 0 saturated carbocycles. The first-order chi connectivity index (χ1) is 12.4. The van der Waals surface area contributed by atoms with Gasteiger partial charge in [0.25, 0.3) is 0 Å². The van der Waals surface area contributed by atoms with Crippen LogP contribution >= 0.6 is 0 Å². The molecule has 7 heteroatoms. The molecule has 2 aromatic rings. The predicted octanol–water partition coefficient (Wildman–Crippen LogP) is 2.36. The number of ether oxygens (including phenoxy) is 1. The Balaban J connectivity index is 1.84. The number of rotatable bonds is 6. The molecule has 3 rings (SSSR count). The summed E-state index contributed by atoms with van der Waals surface area (Å²) in [5, 5.41) is 0. The zero-order chi connectivity index (χ0) is 18.7. The maximum atomic E-state index is 13.1. The average Bonchev–Trinajstić information content (AvgIpc) is 3.22. The van der Waals surface area contributed by atoms with Crippen LogP contribution in [0.3, 0.4) is 0 Å². The number of hydrogen-bond donors (Lipinski definition) is 0. The quantitative estimate of drug-likeness (QED) is 0.772. The first-order valence-electron chi connectivity index (χ1n) is 8.54. The molecule has 6 nitrogen and oxygen atoms in total. The van der Waals surface area contributed by atoms with Gasteiger partial charge in [0.1, 0.15) is 11.5 Å². The summed E-state index contributed by atoms with van der Waals surface area (Å²) in [7, 11) is -1.52. The van der Waals surface area contributed by atoms with Crippen LogP contribution in [-0.4, -0.2) is 43.9 Å². The van der Waals surface area contributed by atoms with Crippen LogP contribution in [0.1, 0.15) is 23.3 Å². The van der Waals surface area contributed by atoms with Gasteiger partial charge in [-0.15, -0.1) is 0 Å². The highest BCUT2D eigenvalue weighted by atomic mass is 32.2. The summed E-state index contributed by atoms with van der Waals surface area (Å²) >= 11 is 0. The summed E-state index contributed by atoms with van der Waals surface area (Å²) in [4.78, 5) is 14.7. The summed E-state index contributed by atoms with van der Waals surface area (Å²) in [6, 6.07) is 8.91. The van der Waals surface area contributed by atoms with Gasteiger partial charge < -0.3 is 14.1 Å².